The van der Waals surface area contributed by atoms with Crippen LogP contribution in [0.15, 0.2) is 48.5 Å². The second kappa shape index (κ2) is 9.30. The fourth-order valence-corrected chi connectivity index (χ4v) is 4.57. The maximum atomic E-state index is 11.3. The molecule has 0 saturated carbocycles. The van der Waals surface area contributed by atoms with E-state index in [4.69, 9.17) is 16.3 Å². The fourth-order valence-electron chi connectivity index (χ4n) is 4.44. The highest BCUT2D eigenvalue weighted by molar-refractivity contribution is 6.30. The summed E-state index contributed by atoms with van der Waals surface area (Å²) in [6, 6.07) is 15.5. The van der Waals surface area contributed by atoms with Crippen LogP contribution < -0.4 is 10.1 Å². The van der Waals surface area contributed by atoms with Crippen molar-refractivity contribution in [3.8, 4) is 5.75 Å². The average molecular weight is 442 g/mol. The molecule has 2 atom stereocenters. The van der Waals surface area contributed by atoms with E-state index >= 15 is 0 Å². The second-order valence-electron chi connectivity index (χ2n) is 8.14. The van der Waals surface area contributed by atoms with Crippen molar-refractivity contribution in [3.05, 3.63) is 64.8 Å². The van der Waals surface area contributed by atoms with Crippen molar-refractivity contribution in [3.63, 3.8) is 0 Å². The summed E-state index contributed by atoms with van der Waals surface area (Å²) in [5.74, 6) is 0.718. The quantitative estimate of drug-likeness (QED) is 0.587. The van der Waals surface area contributed by atoms with Gasteiger partial charge in [0.2, 0.25) is 5.91 Å². The predicted octanol–water partition coefficient (Wildman–Crippen LogP) is 3.65. The number of nitrogens with zero attached hydrogens (tertiary/aromatic N) is 2. The molecule has 1 aromatic heterocycles. The highest BCUT2D eigenvalue weighted by Crippen LogP contribution is 2.32. The van der Waals surface area contributed by atoms with Gasteiger partial charge in [0.25, 0.3) is 0 Å². The topological polar surface area (TPSA) is 66.7 Å². The van der Waals surface area contributed by atoms with Crippen molar-refractivity contribution in [2.24, 2.45) is 7.05 Å². The number of hydrogen-bond acceptors (Lipinski definition) is 4. The minimum Gasteiger partial charge on any atom is -0.487 e. The first-order valence-electron chi connectivity index (χ1n) is 10.5. The molecular formula is C24H28ClN3O3. The molecule has 0 bridgehead atoms. The van der Waals surface area contributed by atoms with Crippen LogP contribution in [0.5, 0.6) is 5.75 Å². The van der Waals surface area contributed by atoms with Gasteiger partial charge in [-0.25, -0.2) is 0 Å². The zero-order valence-corrected chi connectivity index (χ0v) is 18.6. The molecule has 2 aromatic carbocycles. The Hall–Kier alpha value is -2.54. The number of rotatable bonds is 7. The van der Waals surface area contributed by atoms with Crippen molar-refractivity contribution in [1.29, 1.82) is 0 Å². The number of carbonyl (C=O) groups excluding carboxylic acids is 1. The van der Waals surface area contributed by atoms with Crippen LogP contribution in [0, 0.1) is 0 Å². The van der Waals surface area contributed by atoms with Gasteiger partial charge >= 0.3 is 0 Å². The van der Waals surface area contributed by atoms with Crippen LogP contribution in [0.2, 0.25) is 5.02 Å². The Kier molecular flexibility index (Phi) is 6.51. The number of hydrogen-bond donors (Lipinski definition) is 2. The minimum absolute atomic E-state index is 0.0110. The molecule has 0 spiro atoms. The van der Waals surface area contributed by atoms with Gasteiger partial charge in [0.1, 0.15) is 12.4 Å². The lowest BCUT2D eigenvalue weighted by atomic mass is 10.0. The van der Waals surface area contributed by atoms with Crippen molar-refractivity contribution < 1.29 is 14.6 Å². The first-order valence-corrected chi connectivity index (χ1v) is 10.9. The number of aryl methyl sites for hydroxylation is 1. The first-order chi connectivity index (χ1) is 14.9. The lowest BCUT2D eigenvalue weighted by molar-refractivity contribution is -0.119. The lowest BCUT2D eigenvalue weighted by Gasteiger charge is -2.21. The van der Waals surface area contributed by atoms with Gasteiger partial charge in [-0.2, -0.15) is 0 Å². The molecule has 2 N–H and O–H groups in total. The number of aliphatic hydroxyl groups is 1. The van der Waals surface area contributed by atoms with E-state index in [9.17, 15) is 9.90 Å². The van der Waals surface area contributed by atoms with Gasteiger partial charge < -0.3 is 19.7 Å². The Morgan fingerprint density at radius 2 is 2.00 bits per heavy atom. The Morgan fingerprint density at radius 1 is 1.26 bits per heavy atom. The highest BCUT2D eigenvalue weighted by atomic mass is 35.5. The number of para-hydroxylation sites is 1. The SMILES string of the molecule is CC(=O)NC1CCN(CC(O)c2c(COc3ccc(Cl)cc3)n(C)c3ccccc23)C1. The summed E-state index contributed by atoms with van der Waals surface area (Å²) in [5, 5.41) is 15.9. The van der Waals surface area contributed by atoms with Gasteiger partial charge in [-0.3, -0.25) is 9.69 Å². The number of benzene rings is 2. The Bertz CT molecular complexity index is 1060. The third kappa shape index (κ3) is 4.87. The van der Waals surface area contributed by atoms with Crippen LogP contribution in [0.3, 0.4) is 0 Å². The molecule has 3 aromatic rings. The van der Waals surface area contributed by atoms with E-state index in [2.05, 4.69) is 20.9 Å². The third-order valence-electron chi connectivity index (χ3n) is 5.90. The number of halogens is 1. The van der Waals surface area contributed by atoms with Crippen molar-refractivity contribution in [2.75, 3.05) is 19.6 Å². The van der Waals surface area contributed by atoms with Crippen LogP contribution in [-0.4, -0.2) is 46.2 Å². The van der Waals surface area contributed by atoms with E-state index in [-0.39, 0.29) is 11.9 Å². The number of β-amino-alcohol motifs (C(OH)–C–C–N with tert-alkyl or cyclic N) is 1. The number of ether oxygens (including phenoxy) is 1. The highest BCUT2D eigenvalue weighted by Gasteiger charge is 2.28. The molecule has 1 aliphatic rings. The second-order valence-corrected chi connectivity index (χ2v) is 8.58. The van der Waals surface area contributed by atoms with Gasteiger partial charge in [-0.05, 0) is 36.8 Å². The summed E-state index contributed by atoms with van der Waals surface area (Å²) >= 11 is 5.97. The van der Waals surface area contributed by atoms with E-state index in [1.165, 1.54) is 0 Å². The summed E-state index contributed by atoms with van der Waals surface area (Å²) in [5.41, 5.74) is 2.90. The van der Waals surface area contributed by atoms with Gasteiger partial charge in [-0.15, -0.1) is 0 Å². The number of aliphatic hydroxyl groups excluding tert-OH is 1. The maximum absolute atomic E-state index is 11.3. The molecule has 6 nitrogen and oxygen atoms in total. The molecule has 4 rings (SSSR count). The van der Waals surface area contributed by atoms with E-state index < -0.39 is 6.10 Å². The summed E-state index contributed by atoms with van der Waals surface area (Å²) in [6.45, 7) is 3.99. The molecule has 2 unspecified atom stereocenters. The van der Waals surface area contributed by atoms with Gasteiger partial charge in [0.05, 0.1) is 11.8 Å². The average Bonchev–Trinajstić information content (AvgIpc) is 3.29. The van der Waals surface area contributed by atoms with Gasteiger partial charge in [-0.1, -0.05) is 29.8 Å². The number of likely N-dealkylation sites (tertiary alicyclic amines) is 1. The largest absolute Gasteiger partial charge is 0.487 e. The number of carbonyl (C=O) groups is 1. The predicted molar refractivity (Wildman–Crippen MR) is 122 cm³/mol. The summed E-state index contributed by atoms with van der Waals surface area (Å²) in [7, 11) is 2.00. The van der Waals surface area contributed by atoms with Crippen molar-refractivity contribution in [2.45, 2.75) is 32.1 Å². The molecule has 0 aliphatic carbocycles. The van der Waals surface area contributed by atoms with E-state index in [0.717, 1.165) is 47.4 Å². The Morgan fingerprint density at radius 3 is 2.74 bits per heavy atom. The lowest BCUT2D eigenvalue weighted by Crippen LogP contribution is -2.36. The van der Waals surface area contributed by atoms with Crippen LogP contribution in [0.1, 0.15) is 30.7 Å². The summed E-state index contributed by atoms with van der Waals surface area (Å²) in [4.78, 5) is 13.6. The molecule has 1 amide bonds. The van der Waals surface area contributed by atoms with E-state index in [0.29, 0.717) is 18.2 Å². The molecular weight excluding hydrogens is 414 g/mol. The van der Waals surface area contributed by atoms with E-state index in [1.54, 1.807) is 19.1 Å². The van der Waals surface area contributed by atoms with Crippen LogP contribution in [0.4, 0.5) is 0 Å². The summed E-state index contributed by atoms with van der Waals surface area (Å²) in [6.07, 6.45) is 0.236. The normalized spacial score (nSPS) is 17.7. The zero-order valence-electron chi connectivity index (χ0n) is 17.8. The molecule has 7 heteroatoms. The standard InChI is InChI=1S/C24H28ClN3O3/c1-16(29)26-18-11-12-28(13-18)14-23(30)24-20-5-3-4-6-21(20)27(2)22(24)15-31-19-9-7-17(25)8-10-19/h3-10,18,23,30H,11-15H2,1-2H3,(H,26,29). The van der Waals surface area contributed by atoms with Gasteiger partial charge in [0.15, 0.2) is 0 Å². The molecule has 1 fully saturated rings. The molecule has 1 aliphatic heterocycles. The molecule has 31 heavy (non-hydrogen) atoms. The van der Waals surface area contributed by atoms with Gasteiger partial charge in [0, 0.05) is 61.1 Å². The fraction of sp³-hybridized carbons (Fsp3) is 0.375. The monoisotopic (exact) mass is 441 g/mol. The third-order valence-corrected chi connectivity index (χ3v) is 6.16. The van der Waals surface area contributed by atoms with Crippen LogP contribution >= 0.6 is 11.6 Å². The van der Waals surface area contributed by atoms with Crippen LogP contribution in [0.25, 0.3) is 10.9 Å². The van der Waals surface area contributed by atoms with E-state index in [1.807, 2.05) is 37.4 Å². The summed E-state index contributed by atoms with van der Waals surface area (Å²) < 4.78 is 8.12. The number of nitrogens with one attached hydrogen (secondary N) is 1. The first kappa shape index (κ1) is 21.7. The van der Waals surface area contributed by atoms with Crippen LogP contribution in [-0.2, 0) is 18.4 Å². The maximum Gasteiger partial charge on any atom is 0.217 e. The minimum atomic E-state index is -0.661. The zero-order chi connectivity index (χ0) is 22.0. The molecule has 164 valence electrons. The molecule has 2 heterocycles. The molecule has 1 saturated heterocycles. The van der Waals surface area contributed by atoms with Crippen molar-refractivity contribution >= 4 is 28.4 Å². The Balaban J connectivity index is 1.56. The number of aromatic nitrogens is 1. The number of fused-ring (bicyclic) bond motifs is 1. The molecule has 0 radical (unpaired) electrons. The Labute approximate surface area is 187 Å². The smallest absolute Gasteiger partial charge is 0.217 e. The van der Waals surface area contributed by atoms with Crippen molar-refractivity contribution in [1.82, 2.24) is 14.8 Å². The number of amides is 1.